The minimum absolute atomic E-state index is 0. The van der Waals surface area contributed by atoms with E-state index in [2.05, 4.69) is 61.2 Å². The summed E-state index contributed by atoms with van der Waals surface area (Å²) in [4.78, 5) is 46.7. The fourth-order valence-electron chi connectivity index (χ4n) is 2.84. The van der Waals surface area contributed by atoms with Crippen LogP contribution >= 0.6 is 37.3 Å². The van der Waals surface area contributed by atoms with Crippen LogP contribution in [-0.2, 0) is 25.6 Å². The Morgan fingerprint density at radius 2 is 1.68 bits per heavy atom. The Hall–Kier alpha value is -0.731. The monoisotopic (exact) mass is 785 g/mol. The van der Waals surface area contributed by atoms with Crippen LogP contribution in [0.5, 0.6) is 0 Å². The molecule has 14 heteroatoms. The number of amides is 4. The first-order chi connectivity index (χ1) is 15.8. The molecular formula is C20H31BrIN6O4Se2. The van der Waals surface area contributed by atoms with Crippen LogP contribution in [0.1, 0.15) is 38.2 Å². The summed E-state index contributed by atoms with van der Waals surface area (Å²) in [7, 11) is 0. The van der Waals surface area contributed by atoms with Gasteiger partial charge < -0.3 is 0 Å². The quantitative estimate of drug-likeness (QED) is 0.0790. The van der Waals surface area contributed by atoms with E-state index in [1.807, 2.05) is 24.3 Å². The number of hydrogen-bond acceptors (Lipinski definition) is 6. The summed E-state index contributed by atoms with van der Waals surface area (Å²) in [5, 5.41) is 8.47. The molecule has 0 spiro atoms. The second-order valence-electron chi connectivity index (χ2n) is 7.29. The van der Waals surface area contributed by atoms with Gasteiger partial charge in [0.2, 0.25) is 0 Å². The third-order valence-corrected chi connectivity index (χ3v) is 7.29. The molecular weight excluding hydrogens is 753 g/mol. The zero-order chi connectivity index (χ0) is 24.6. The summed E-state index contributed by atoms with van der Waals surface area (Å²) in [6.45, 7) is 2.47. The number of anilines is 1. The van der Waals surface area contributed by atoms with Crippen molar-refractivity contribution in [3.8, 4) is 0 Å². The Labute approximate surface area is 236 Å². The number of carbonyl (C=O) groups excluding carboxylic acids is 4. The number of primary amides is 1. The summed E-state index contributed by atoms with van der Waals surface area (Å²) < 4.78 is 5.91. The molecule has 1 aromatic rings. The summed E-state index contributed by atoms with van der Waals surface area (Å²) in [5.74, 6) is -0.836. The van der Waals surface area contributed by atoms with Crippen molar-refractivity contribution in [2.75, 3.05) is 18.4 Å². The molecule has 34 heavy (non-hydrogen) atoms. The standard InChI is InChI=1S/C20H30IN6O4Se2.BrH/c1-13(28)25-15-6-4-14(5-7-15)12-17(27-33-21)20(31)24-11-3-2-10-23-18(29)9-8-16(26-32)19(22)30;/h4-7,16-17,26-27H,2-3,8-12H2,1H3,(H2,22,30)(H,23,29)(H,24,31)(H,25,28);1H. The predicted octanol–water partition coefficient (Wildman–Crippen LogP) is 0.0126. The molecule has 2 unspecified atom stereocenters. The Balaban J connectivity index is 0.0000109. The molecule has 0 saturated heterocycles. The molecule has 0 aromatic heterocycles. The molecule has 1 aromatic carbocycles. The van der Waals surface area contributed by atoms with Gasteiger partial charge >= 0.3 is 221 Å². The van der Waals surface area contributed by atoms with E-state index in [1.54, 1.807) is 0 Å². The van der Waals surface area contributed by atoms with E-state index < -0.39 is 11.9 Å². The van der Waals surface area contributed by atoms with Crippen LogP contribution < -0.4 is 30.4 Å². The van der Waals surface area contributed by atoms with Crippen LogP contribution in [0.15, 0.2) is 24.3 Å². The molecule has 1 radical (unpaired) electrons. The fraction of sp³-hybridized carbons (Fsp3) is 0.500. The van der Waals surface area contributed by atoms with Gasteiger partial charge in [0.1, 0.15) is 0 Å². The average molecular weight is 784 g/mol. The van der Waals surface area contributed by atoms with Gasteiger partial charge in [0.05, 0.1) is 0 Å². The number of benzene rings is 1. The third-order valence-electron chi connectivity index (χ3n) is 4.59. The zero-order valence-electron chi connectivity index (χ0n) is 18.7. The van der Waals surface area contributed by atoms with Gasteiger partial charge in [-0.25, -0.2) is 0 Å². The zero-order valence-corrected chi connectivity index (χ0v) is 26.0. The van der Waals surface area contributed by atoms with Gasteiger partial charge in [-0.05, 0) is 0 Å². The third kappa shape index (κ3) is 14.6. The van der Waals surface area contributed by atoms with Gasteiger partial charge in [-0.2, -0.15) is 0 Å². The number of halogens is 2. The molecule has 1 rings (SSSR count). The Morgan fingerprint density at radius 3 is 2.21 bits per heavy atom. The summed E-state index contributed by atoms with van der Waals surface area (Å²) in [6.07, 6.45) is 2.53. The van der Waals surface area contributed by atoms with Crippen LogP contribution in [0.2, 0.25) is 0 Å². The van der Waals surface area contributed by atoms with Gasteiger partial charge in [0.25, 0.3) is 0 Å². The van der Waals surface area contributed by atoms with Crippen molar-refractivity contribution in [2.45, 2.75) is 51.1 Å². The van der Waals surface area contributed by atoms with Crippen LogP contribution in [0.25, 0.3) is 0 Å². The van der Waals surface area contributed by atoms with E-state index in [9.17, 15) is 19.2 Å². The topological polar surface area (TPSA) is 154 Å². The van der Waals surface area contributed by atoms with Crippen molar-refractivity contribution in [2.24, 2.45) is 5.73 Å². The maximum atomic E-state index is 12.6. The molecule has 0 heterocycles. The summed E-state index contributed by atoms with van der Waals surface area (Å²) in [6, 6.07) is 6.54. The van der Waals surface area contributed by atoms with E-state index in [-0.39, 0.29) is 59.1 Å². The Kier molecular flexibility index (Phi) is 19.0. The van der Waals surface area contributed by atoms with E-state index in [4.69, 9.17) is 5.73 Å². The van der Waals surface area contributed by atoms with Crippen molar-refractivity contribution in [1.29, 1.82) is 0 Å². The van der Waals surface area contributed by atoms with Gasteiger partial charge in [0.15, 0.2) is 0 Å². The fourth-order valence-corrected chi connectivity index (χ4v) is 5.55. The number of nitrogens with two attached hydrogens (primary N) is 1. The number of unbranched alkanes of at least 4 members (excludes halogenated alkanes) is 1. The number of hydrogen-bond donors (Lipinski definition) is 6. The van der Waals surface area contributed by atoms with Crippen LogP contribution in [0, 0.1) is 0 Å². The molecule has 0 bridgehead atoms. The van der Waals surface area contributed by atoms with Crippen molar-refractivity contribution in [1.82, 2.24) is 19.3 Å². The average Bonchev–Trinajstić information content (AvgIpc) is 2.76. The van der Waals surface area contributed by atoms with Gasteiger partial charge in [-0.3, -0.25) is 0 Å². The summed E-state index contributed by atoms with van der Waals surface area (Å²) in [5.41, 5.74) is 6.93. The predicted molar refractivity (Wildman–Crippen MR) is 148 cm³/mol. The molecule has 2 atom stereocenters. The van der Waals surface area contributed by atoms with Crippen molar-refractivity contribution in [3.05, 3.63) is 29.8 Å². The van der Waals surface area contributed by atoms with Gasteiger partial charge in [-0.1, -0.05) is 0 Å². The van der Waals surface area contributed by atoms with Gasteiger partial charge in [0, 0.05) is 0 Å². The normalized spacial score (nSPS) is 12.1. The first kappa shape index (κ1) is 33.3. The molecule has 0 aliphatic heterocycles. The number of rotatable bonds is 16. The maximum absolute atomic E-state index is 12.6. The molecule has 10 nitrogen and oxygen atoms in total. The van der Waals surface area contributed by atoms with E-state index >= 15 is 0 Å². The first-order valence-corrected chi connectivity index (χ1v) is 17.3. The van der Waals surface area contributed by atoms with E-state index in [1.165, 1.54) is 6.92 Å². The second kappa shape index (κ2) is 19.5. The van der Waals surface area contributed by atoms with Gasteiger partial charge in [-0.15, -0.1) is 17.0 Å². The molecule has 0 fully saturated rings. The van der Waals surface area contributed by atoms with Crippen molar-refractivity contribution in [3.63, 3.8) is 0 Å². The molecule has 0 aliphatic rings. The summed E-state index contributed by atoms with van der Waals surface area (Å²) >= 11 is 4.85. The molecule has 191 valence electrons. The van der Waals surface area contributed by atoms with Crippen LogP contribution in [0.3, 0.4) is 0 Å². The van der Waals surface area contributed by atoms with Crippen LogP contribution in [-0.4, -0.2) is 77.0 Å². The van der Waals surface area contributed by atoms with Crippen molar-refractivity contribution < 1.29 is 19.2 Å². The Morgan fingerprint density at radius 1 is 1.06 bits per heavy atom. The second-order valence-corrected chi connectivity index (χ2v) is 10.9. The van der Waals surface area contributed by atoms with Crippen molar-refractivity contribution >= 4 is 94.8 Å². The molecule has 4 amide bonds. The first-order valence-electron chi connectivity index (χ1n) is 10.4. The minimum atomic E-state index is -0.563. The molecule has 7 N–H and O–H groups in total. The number of nitrogens with one attached hydrogen (secondary N) is 5. The van der Waals surface area contributed by atoms with E-state index in [0.717, 1.165) is 24.1 Å². The molecule has 0 aliphatic carbocycles. The van der Waals surface area contributed by atoms with E-state index in [0.29, 0.717) is 25.9 Å². The molecule has 0 saturated carbocycles. The Bertz CT molecular complexity index is 791. The number of carbonyl (C=O) groups is 4. The SMILES string of the molecule is Br.CC(=O)Nc1ccc(CC(N[Se]I)C(=O)NCCCCNC(=O)CCC(N[Se])C(N)=O)cc1. The van der Waals surface area contributed by atoms with Crippen LogP contribution in [0.4, 0.5) is 5.69 Å².